The van der Waals surface area contributed by atoms with Crippen molar-refractivity contribution < 1.29 is 22.7 Å². The van der Waals surface area contributed by atoms with Gasteiger partial charge in [-0.3, -0.25) is 9.59 Å². The van der Waals surface area contributed by atoms with Crippen molar-refractivity contribution >= 4 is 21.9 Å². The van der Waals surface area contributed by atoms with E-state index in [2.05, 4.69) is 0 Å². The molecule has 1 aliphatic heterocycles. The van der Waals surface area contributed by atoms with Crippen LogP contribution in [-0.2, 0) is 24.3 Å². The van der Waals surface area contributed by atoms with Gasteiger partial charge >= 0.3 is 5.97 Å². The van der Waals surface area contributed by atoms with E-state index in [9.17, 15) is 18.0 Å². The van der Waals surface area contributed by atoms with Gasteiger partial charge < -0.3 is 9.64 Å². The van der Waals surface area contributed by atoms with Crippen LogP contribution in [0.2, 0.25) is 0 Å². The quantitative estimate of drug-likeness (QED) is 0.473. The summed E-state index contributed by atoms with van der Waals surface area (Å²) in [5.74, 6) is -1.48. The van der Waals surface area contributed by atoms with Gasteiger partial charge in [-0.2, -0.15) is 4.31 Å². The first-order valence-corrected chi connectivity index (χ1v) is 12.9. The highest BCUT2D eigenvalue weighted by Gasteiger charge is 2.31. The summed E-state index contributed by atoms with van der Waals surface area (Å²) in [7, 11) is -3.62. The van der Waals surface area contributed by atoms with Gasteiger partial charge in [-0.15, -0.1) is 0 Å². The fourth-order valence-electron chi connectivity index (χ4n) is 4.10. The van der Waals surface area contributed by atoms with E-state index in [1.54, 1.807) is 24.3 Å². The summed E-state index contributed by atoms with van der Waals surface area (Å²) in [4.78, 5) is 27.5. The average molecular weight is 493 g/mol. The second-order valence-corrected chi connectivity index (χ2v) is 10.4. The summed E-state index contributed by atoms with van der Waals surface area (Å²) in [6.07, 6.45) is 0. The van der Waals surface area contributed by atoms with Crippen LogP contribution in [0.5, 0.6) is 0 Å². The van der Waals surface area contributed by atoms with E-state index in [0.29, 0.717) is 0 Å². The molecule has 0 radical (unpaired) electrons. The number of benzene rings is 3. The van der Waals surface area contributed by atoms with Crippen LogP contribution in [0.3, 0.4) is 0 Å². The zero-order chi connectivity index (χ0) is 24.8. The minimum absolute atomic E-state index is 0.187. The highest BCUT2D eigenvalue weighted by molar-refractivity contribution is 7.89. The lowest BCUT2D eigenvalue weighted by Gasteiger charge is -2.34. The Morgan fingerprint density at radius 1 is 0.800 bits per heavy atom. The zero-order valence-corrected chi connectivity index (χ0v) is 20.4. The molecule has 0 aliphatic carbocycles. The molecule has 1 aliphatic rings. The number of aryl methyl sites for hydroxylation is 1. The molecule has 0 spiro atoms. The van der Waals surface area contributed by atoms with Crippen LogP contribution in [0.1, 0.15) is 22.6 Å². The molecular weight excluding hydrogens is 464 g/mol. The number of carbonyl (C=O) groups is 2. The predicted octanol–water partition coefficient (Wildman–Crippen LogP) is 3.20. The number of amides is 1. The van der Waals surface area contributed by atoms with Crippen molar-refractivity contribution in [2.75, 3.05) is 32.8 Å². The molecule has 7 nitrogen and oxygen atoms in total. The summed E-state index contributed by atoms with van der Waals surface area (Å²) in [6.45, 7) is 2.36. The Labute approximate surface area is 206 Å². The molecule has 0 bridgehead atoms. The number of nitrogens with zero attached hydrogens (tertiary/aromatic N) is 2. The van der Waals surface area contributed by atoms with E-state index in [0.717, 1.165) is 16.7 Å². The van der Waals surface area contributed by atoms with Gasteiger partial charge in [0, 0.05) is 26.2 Å². The maximum absolute atomic E-state index is 13.0. The average Bonchev–Trinajstić information content (AvgIpc) is 2.89. The molecule has 3 aromatic carbocycles. The molecule has 0 N–H and O–H groups in total. The van der Waals surface area contributed by atoms with Crippen molar-refractivity contribution in [1.82, 2.24) is 9.21 Å². The lowest BCUT2D eigenvalue weighted by atomic mass is 9.91. The van der Waals surface area contributed by atoms with Crippen LogP contribution in [0.25, 0.3) is 0 Å². The summed E-state index contributed by atoms with van der Waals surface area (Å²) < 4.78 is 32.6. The molecule has 8 heteroatoms. The molecular formula is C27H28N2O5S. The highest BCUT2D eigenvalue weighted by atomic mass is 32.2. The Balaban J connectivity index is 1.35. The number of piperazine rings is 1. The van der Waals surface area contributed by atoms with Crippen molar-refractivity contribution in [3.8, 4) is 0 Å². The van der Waals surface area contributed by atoms with Gasteiger partial charge in [-0.25, -0.2) is 8.42 Å². The second kappa shape index (κ2) is 10.8. The van der Waals surface area contributed by atoms with E-state index in [1.165, 1.54) is 9.21 Å². The summed E-state index contributed by atoms with van der Waals surface area (Å²) in [5, 5.41) is 0. The first kappa shape index (κ1) is 24.6. The SMILES string of the molecule is Cc1ccc(S(=O)(=O)N2CCN(C(=O)COC(=O)C(c3ccccc3)c3ccccc3)CC2)cc1. The van der Waals surface area contributed by atoms with Crippen LogP contribution < -0.4 is 0 Å². The number of rotatable bonds is 7. The van der Waals surface area contributed by atoms with Gasteiger partial charge in [-0.05, 0) is 30.2 Å². The van der Waals surface area contributed by atoms with Crippen molar-refractivity contribution in [2.45, 2.75) is 17.7 Å². The molecule has 3 aromatic rings. The molecule has 182 valence electrons. The first-order chi connectivity index (χ1) is 16.9. The number of ether oxygens (including phenoxy) is 1. The normalized spacial score (nSPS) is 14.6. The third kappa shape index (κ3) is 5.78. The lowest BCUT2D eigenvalue weighted by molar-refractivity contribution is -0.153. The largest absolute Gasteiger partial charge is 0.455 e. The molecule has 0 atom stereocenters. The standard InChI is InChI=1S/C27H28N2O5S/c1-21-12-14-24(15-13-21)35(32,33)29-18-16-28(17-19-29)25(30)20-34-27(31)26(22-8-4-2-5-9-22)23-10-6-3-7-11-23/h2-15,26H,16-20H2,1H3. The molecule has 4 rings (SSSR count). The molecule has 0 unspecified atom stereocenters. The molecule has 1 fully saturated rings. The van der Waals surface area contributed by atoms with Crippen LogP contribution in [0.4, 0.5) is 0 Å². The van der Waals surface area contributed by atoms with Crippen LogP contribution in [-0.4, -0.2) is 62.3 Å². The predicted molar refractivity (Wildman–Crippen MR) is 132 cm³/mol. The van der Waals surface area contributed by atoms with E-state index in [1.807, 2.05) is 67.6 Å². The highest BCUT2D eigenvalue weighted by Crippen LogP contribution is 2.26. The minimum Gasteiger partial charge on any atom is -0.455 e. The zero-order valence-electron chi connectivity index (χ0n) is 19.5. The van der Waals surface area contributed by atoms with Gasteiger partial charge in [0.2, 0.25) is 10.0 Å². The Morgan fingerprint density at radius 3 is 1.83 bits per heavy atom. The number of hydrogen-bond donors (Lipinski definition) is 0. The van der Waals surface area contributed by atoms with Crippen LogP contribution in [0.15, 0.2) is 89.8 Å². The fraction of sp³-hybridized carbons (Fsp3) is 0.259. The van der Waals surface area contributed by atoms with Gasteiger partial charge in [0.05, 0.1) is 4.90 Å². The molecule has 1 heterocycles. The maximum atomic E-state index is 13.0. The number of sulfonamides is 1. The summed E-state index contributed by atoms with van der Waals surface area (Å²) >= 11 is 0. The molecule has 1 saturated heterocycles. The molecule has 35 heavy (non-hydrogen) atoms. The van der Waals surface area contributed by atoms with Crippen molar-refractivity contribution in [2.24, 2.45) is 0 Å². The Bertz CT molecular complexity index is 1210. The fourth-order valence-corrected chi connectivity index (χ4v) is 5.52. The van der Waals surface area contributed by atoms with Crippen molar-refractivity contribution in [3.63, 3.8) is 0 Å². The van der Waals surface area contributed by atoms with Crippen LogP contribution in [0, 0.1) is 6.92 Å². The van der Waals surface area contributed by atoms with Gasteiger partial charge in [0.15, 0.2) is 6.61 Å². The van der Waals surface area contributed by atoms with E-state index < -0.39 is 21.9 Å². The van der Waals surface area contributed by atoms with Gasteiger partial charge in [0.1, 0.15) is 5.92 Å². The molecule has 1 amide bonds. The number of esters is 1. The monoisotopic (exact) mass is 492 g/mol. The van der Waals surface area contributed by atoms with E-state index in [4.69, 9.17) is 4.74 Å². The second-order valence-electron chi connectivity index (χ2n) is 8.46. The Hall–Kier alpha value is -3.49. The van der Waals surface area contributed by atoms with Crippen LogP contribution >= 0.6 is 0 Å². The summed E-state index contributed by atoms with van der Waals surface area (Å²) in [5.41, 5.74) is 2.55. The number of carbonyl (C=O) groups excluding carboxylic acids is 2. The topological polar surface area (TPSA) is 84.0 Å². The van der Waals surface area contributed by atoms with Crippen molar-refractivity contribution in [3.05, 3.63) is 102 Å². The maximum Gasteiger partial charge on any atom is 0.318 e. The Kier molecular flexibility index (Phi) is 7.63. The van der Waals surface area contributed by atoms with E-state index in [-0.39, 0.29) is 43.6 Å². The molecule has 0 saturated carbocycles. The first-order valence-electron chi connectivity index (χ1n) is 11.5. The Morgan fingerprint density at radius 2 is 1.31 bits per heavy atom. The smallest absolute Gasteiger partial charge is 0.318 e. The van der Waals surface area contributed by atoms with Gasteiger partial charge in [-0.1, -0.05) is 78.4 Å². The number of hydrogen-bond acceptors (Lipinski definition) is 5. The van der Waals surface area contributed by atoms with Crippen molar-refractivity contribution in [1.29, 1.82) is 0 Å². The lowest BCUT2D eigenvalue weighted by Crippen LogP contribution is -2.51. The van der Waals surface area contributed by atoms with Gasteiger partial charge in [0.25, 0.3) is 5.91 Å². The van der Waals surface area contributed by atoms with E-state index >= 15 is 0 Å². The molecule has 0 aromatic heterocycles. The third-order valence-corrected chi connectivity index (χ3v) is 8.00. The third-order valence-electron chi connectivity index (χ3n) is 6.09. The minimum atomic E-state index is -3.62. The summed E-state index contributed by atoms with van der Waals surface area (Å²) in [6, 6.07) is 25.3.